The van der Waals surface area contributed by atoms with E-state index in [4.69, 9.17) is 9.47 Å². The van der Waals surface area contributed by atoms with Crippen molar-refractivity contribution in [3.8, 4) is 5.88 Å². The van der Waals surface area contributed by atoms with Crippen molar-refractivity contribution in [2.75, 3.05) is 13.2 Å². The third kappa shape index (κ3) is 4.18. The maximum atomic E-state index is 9.28. The van der Waals surface area contributed by atoms with E-state index in [9.17, 15) is 5.11 Å². The smallest absolute Gasteiger partial charge is 0.213 e. The van der Waals surface area contributed by atoms with Gasteiger partial charge in [0.15, 0.2) is 0 Å². The molecule has 1 fully saturated rings. The average molecular weight is 265 g/mol. The van der Waals surface area contributed by atoms with E-state index in [1.165, 1.54) is 6.42 Å². The maximum Gasteiger partial charge on any atom is 0.213 e. The Labute approximate surface area is 114 Å². The lowest BCUT2D eigenvalue weighted by molar-refractivity contribution is -0.0120. The number of rotatable bonds is 5. The molecule has 0 aromatic carbocycles. The van der Waals surface area contributed by atoms with Crippen molar-refractivity contribution in [2.45, 2.75) is 51.7 Å². The largest absolute Gasteiger partial charge is 0.475 e. The quantitative estimate of drug-likeness (QED) is 0.889. The monoisotopic (exact) mass is 265 g/mol. The number of nitrogens with zero attached hydrogens (tertiary/aromatic N) is 1. The molecule has 1 N–H and O–H groups in total. The number of aliphatic hydroxyl groups excluding tert-OH is 1. The number of hydrogen-bond acceptors (Lipinski definition) is 4. The molecule has 1 aliphatic heterocycles. The molecule has 0 saturated carbocycles. The Morgan fingerprint density at radius 2 is 2.26 bits per heavy atom. The summed E-state index contributed by atoms with van der Waals surface area (Å²) in [6.45, 7) is 5.54. The van der Waals surface area contributed by atoms with E-state index in [2.05, 4.69) is 18.8 Å². The summed E-state index contributed by atoms with van der Waals surface area (Å²) in [7, 11) is 0. The number of pyridine rings is 1. The Hall–Kier alpha value is -1.13. The lowest BCUT2D eigenvalue weighted by Crippen LogP contribution is -2.26. The number of aliphatic hydroxyl groups is 1. The molecule has 1 aliphatic rings. The van der Waals surface area contributed by atoms with Crippen LogP contribution in [0.25, 0.3) is 0 Å². The van der Waals surface area contributed by atoms with Crippen molar-refractivity contribution in [3.05, 3.63) is 23.4 Å². The molecule has 2 heterocycles. The lowest BCUT2D eigenvalue weighted by Gasteiger charge is -2.22. The second kappa shape index (κ2) is 6.87. The van der Waals surface area contributed by atoms with Crippen LogP contribution in [-0.4, -0.2) is 29.4 Å². The summed E-state index contributed by atoms with van der Waals surface area (Å²) in [4.78, 5) is 4.48. The van der Waals surface area contributed by atoms with Crippen LogP contribution in [0.15, 0.2) is 12.1 Å². The van der Waals surface area contributed by atoms with Crippen LogP contribution in [0.4, 0.5) is 0 Å². The van der Waals surface area contributed by atoms with Crippen LogP contribution in [0.5, 0.6) is 5.88 Å². The lowest BCUT2D eigenvalue weighted by atomic mass is 10.1. The Bertz CT molecular complexity index is 400. The highest BCUT2D eigenvalue weighted by Crippen LogP contribution is 2.20. The molecule has 1 aromatic rings. The molecule has 0 amide bonds. The van der Waals surface area contributed by atoms with E-state index < -0.39 is 0 Å². The molecule has 4 heteroatoms. The molecule has 1 saturated heterocycles. The van der Waals surface area contributed by atoms with Crippen molar-refractivity contribution < 1.29 is 14.6 Å². The molecule has 0 radical (unpaired) electrons. The van der Waals surface area contributed by atoms with Gasteiger partial charge in [0.05, 0.1) is 12.7 Å². The third-order valence-electron chi connectivity index (χ3n) is 3.35. The molecule has 19 heavy (non-hydrogen) atoms. The molecule has 1 unspecified atom stereocenters. The van der Waals surface area contributed by atoms with Gasteiger partial charge in [-0.25, -0.2) is 4.98 Å². The van der Waals surface area contributed by atoms with Gasteiger partial charge >= 0.3 is 0 Å². The molecule has 1 atom stereocenters. The van der Waals surface area contributed by atoms with Crippen LogP contribution in [0.1, 0.15) is 50.3 Å². The highest BCUT2D eigenvalue weighted by atomic mass is 16.5. The topological polar surface area (TPSA) is 51.6 Å². The normalized spacial score (nSPS) is 19.7. The Kier molecular flexibility index (Phi) is 5.16. The number of ether oxygens (including phenoxy) is 2. The van der Waals surface area contributed by atoms with E-state index in [1.54, 1.807) is 6.07 Å². The first-order valence-electron chi connectivity index (χ1n) is 7.05. The van der Waals surface area contributed by atoms with E-state index in [0.717, 1.165) is 30.7 Å². The Morgan fingerprint density at radius 3 is 2.89 bits per heavy atom. The summed E-state index contributed by atoms with van der Waals surface area (Å²) in [6, 6.07) is 3.73. The molecule has 0 bridgehead atoms. The Morgan fingerprint density at radius 1 is 1.42 bits per heavy atom. The standard InChI is InChI=1S/C15H23NO3/c1-11(2)14-7-12(9-17)8-15(16-14)19-10-13-5-3-4-6-18-13/h7-8,11,13,17H,3-6,9-10H2,1-2H3. The summed E-state index contributed by atoms with van der Waals surface area (Å²) in [5.41, 5.74) is 1.80. The predicted molar refractivity (Wildman–Crippen MR) is 73.3 cm³/mol. The zero-order chi connectivity index (χ0) is 13.7. The molecular weight excluding hydrogens is 242 g/mol. The van der Waals surface area contributed by atoms with Gasteiger partial charge in [0.2, 0.25) is 5.88 Å². The summed E-state index contributed by atoms with van der Waals surface area (Å²) in [5.74, 6) is 0.907. The first-order chi connectivity index (χ1) is 9.19. The van der Waals surface area contributed by atoms with Crippen molar-refractivity contribution in [2.24, 2.45) is 0 Å². The molecule has 0 spiro atoms. The van der Waals surface area contributed by atoms with Crippen molar-refractivity contribution >= 4 is 0 Å². The minimum absolute atomic E-state index is 0.0124. The van der Waals surface area contributed by atoms with Crippen LogP contribution < -0.4 is 4.74 Å². The summed E-state index contributed by atoms with van der Waals surface area (Å²) in [5, 5.41) is 9.28. The molecule has 0 aliphatic carbocycles. The van der Waals surface area contributed by atoms with Gasteiger partial charge in [0.25, 0.3) is 0 Å². The zero-order valence-corrected chi connectivity index (χ0v) is 11.8. The Balaban J connectivity index is 2.00. The van der Waals surface area contributed by atoms with Gasteiger partial charge in [-0.2, -0.15) is 0 Å². The van der Waals surface area contributed by atoms with E-state index in [1.807, 2.05) is 6.07 Å². The highest BCUT2D eigenvalue weighted by Gasteiger charge is 2.15. The van der Waals surface area contributed by atoms with E-state index in [0.29, 0.717) is 18.4 Å². The third-order valence-corrected chi connectivity index (χ3v) is 3.35. The van der Waals surface area contributed by atoms with Crippen LogP contribution in [0, 0.1) is 0 Å². The van der Waals surface area contributed by atoms with Crippen molar-refractivity contribution in [3.63, 3.8) is 0 Å². The second-order valence-electron chi connectivity index (χ2n) is 5.35. The van der Waals surface area contributed by atoms with Gasteiger partial charge in [0.1, 0.15) is 6.61 Å². The molecule has 4 nitrogen and oxygen atoms in total. The molecule has 2 rings (SSSR count). The number of aromatic nitrogens is 1. The summed E-state index contributed by atoms with van der Waals surface area (Å²) >= 11 is 0. The molecular formula is C15H23NO3. The van der Waals surface area contributed by atoms with Gasteiger partial charge in [0, 0.05) is 18.4 Å². The second-order valence-corrected chi connectivity index (χ2v) is 5.35. The van der Waals surface area contributed by atoms with Gasteiger partial charge < -0.3 is 14.6 Å². The van der Waals surface area contributed by atoms with Gasteiger partial charge in [-0.15, -0.1) is 0 Å². The van der Waals surface area contributed by atoms with Gasteiger partial charge in [-0.1, -0.05) is 13.8 Å². The maximum absolute atomic E-state index is 9.28. The minimum Gasteiger partial charge on any atom is -0.475 e. The summed E-state index contributed by atoms with van der Waals surface area (Å²) < 4.78 is 11.4. The zero-order valence-electron chi connectivity index (χ0n) is 11.8. The van der Waals surface area contributed by atoms with Crippen LogP contribution in [-0.2, 0) is 11.3 Å². The van der Waals surface area contributed by atoms with Crippen molar-refractivity contribution in [1.82, 2.24) is 4.98 Å². The highest BCUT2D eigenvalue weighted by molar-refractivity contribution is 5.26. The summed E-state index contributed by atoms with van der Waals surface area (Å²) in [6.07, 6.45) is 3.58. The number of hydrogen-bond donors (Lipinski definition) is 1. The van der Waals surface area contributed by atoms with E-state index >= 15 is 0 Å². The first kappa shape index (κ1) is 14.3. The fourth-order valence-corrected chi connectivity index (χ4v) is 2.16. The van der Waals surface area contributed by atoms with Crippen LogP contribution in [0.3, 0.4) is 0 Å². The fraction of sp³-hybridized carbons (Fsp3) is 0.667. The van der Waals surface area contributed by atoms with Gasteiger partial charge in [-0.3, -0.25) is 0 Å². The van der Waals surface area contributed by atoms with E-state index in [-0.39, 0.29) is 12.7 Å². The van der Waals surface area contributed by atoms with Crippen LogP contribution in [0.2, 0.25) is 0 Å². The minimum atomic E-state index is 0.0124. The molecule has 1 aromatic heterocycles. The molecule has 106 valence electrons. The van der Waals surface area contributed by atoms with Crippen LogP contribution >= 0.6 is 0 Å². The average Bonchev–Trinajstić information content (AvgIpc) is 2.45. The van der Waals surface area contributed by atoms with Gasteiger partial charge in [-0.05, 0) is 36.8 Å². The van der Waals surface area contributed by atoms with Crippen molar-refractivity contribution in [1.29, 1.82) is 0 Å². The fourth-order valence-electron chi connectivity index (χ4n) is 2.16. The predicted octanol–water partition coefficient (Wildman–Crippen LogP) is 2.65. The SMILES string of the molecule is CC(C)c1cc(CO)cc(OCC2CCCCO2)n1. The first-order valence-corrected chi connectivity index (χ1v) is 7.05.